The smallest absolute Gasteiger partial charge is 0.305 e. The first-order valence-corrected chi connectivity index (χ1v) is 19.9. The molecule has 9 nitrogen and oxygen atoms in total. The van der Waals surface area contributed by atoms with E-state index in [4.69, 9.17) is 23.7 Å². The number of carbonyl (C=O) groups excluding carboxylic acids is 1. The standard InChI is InChI=1S/C40H65NO8/c1-9-29(42)49-34(36(5,6)44)25-18-23(2)31-32(47-25)33(43)38(8)27-11-10-26-35(3,4)28(48-30-19-41(16-17-46-30)24-20-45-21-24)12-13-39(26)22-40(27,39)15-14-37(31,38)7/h23-28,30-34,43-44H,9-22H2,1-8H3. The second-order valence-electron chi connectivity index (χ2n) is 19.6. The molecular formula is C40H65NO8. The van der Waals surface area contributed by atoms with Crippen molar-refractivity contribution in [1.82, 2.24) is 4.90 Å². The van der Waals surface area contributed by atoms with Gasteiger partial charge in [-0.2, -0.15) is 0 Å². The predicted octanol–water partition coefficient (Wildman–Crippen LogP) is 5.33. The van der Waals surface area contributed by atoms with Crippen LogP contribution in [0.25, 0.3) is 0 Å². The lowest BCUT2D eigenvalue weighted by molar-refractivity contribution is -0.256. The van der Waals surface area contributed by atoms with Gasteiger partial charge in [0, 0.05) is 18.4 Å². The Balaban J connectivity index is 1.02. The zero-order valence-corrected chi connectivity index (χ0v) is 31.5. The topological polar surface area (TPSA) is 107 Å². The highest BCUT2D eigenvalue weighted by Gasteiger charge is 2.84. The molecule has 3 aliphatic heterocycles. The Morgan fingerprint density at radius 3 is 2.43 bits per heavy atom. The van der Waals surface area contributed by atoms with E-state index in [1.165, 1.54) is 25.7 Å². The average Bonchev–Trinajstić information content (AvgIpc) is 3.64. The zero-order valence-electron chi connectivity index (χ0n) is 31.5. The Kier molecular flexibility index (Phi) is 8.34. The molecule has 0 aromatic heterocycles. The van der Waals surface area contributed by atoms with Crippen molar-refractivity contribution in [3.05, 3.63) is 0 Å². The number of ether oxygens (including phenoxy) is 5. The first-order valence-electron chi connectivity index (χ1n) is 19.9. The van der Waals surface area contributed by atoms with Crippen molar-refractivity contribution in [2.45, 2.75) is 162 Å². The van der Waals surface area contributed by atoms with Crippen molar-refractivity contribution in [3.63, 3.8) is 0 Å². The maximum atomic E-state index is 12.6. The molecule has 14 atom stereocenters. The van der Waals surface area contributed by atoms with E-state index >= 15 is 0 Å². The Morgan fingerprint density at radius 2 is 1.76 bits per heavy atom. The highest BCUT2D eigenvalue weighted by atomic mass is 16.7. The summed E-state index contributed by atoms with van der Waals surface area (Å²) < 4.78 is 31.3. The molecular weight excluding hydrogens is 622 g/mol. The van der Waals surface area contributed by atoms with Gasteiger partial charge in [-0.15, -0.1) is 0 Å². The third-order valence-electron chi connectivity index (χ3n) is 16.9. The van der Waals surface area contributed by atoms with Gasteiger partial charge in [0.15, 0.2) is 12.4 Å². The summed E-state index contributed by atoms with van der Waals surface area (Å²) in [4.78, 5) is 15.0. The molecule has 9 heteroatoms. The first kappa shape index (κ1) is 35.2. The number of nitrogens with zero attached hydrogens (tertiary/aromatic N) is 1. The van der Waals surface area contributed by atoms with Crippen LogP contribution in [0.3, 0.4) is 0 Å². The fourth-order valence-electron chi connectivity index (χ4n) is 14.3. The summed E-state index contributed by atoms with van der Waals surface area (Å²) in [7, 11) is 0. The fraction of sp³-hybridized carbons (Fsp3) is 0.975. The minimum absolute atomic E-state index is 0.0504. The van der Waals surface area contributed by atoms with Crippen molar-refractivity contribution in [1.29, 1.82) is 0 Å². The van der Waals surface area contributed by atoms with Crippen LogP contribution < -0.4 is 0 Å². The van der Waals surface area contributed by atoms with Crippen LogP contribution in [0.2, 0.25) is 0 Å². The molecule has 3 heterocycles. The molecule has 14 unspecified atom stereocenters. The molecule has 8 fully saturated rings. The molecule has 0 amide bonds. The largest absolute Gasteiger partial charge is 0.457 e. The quantitative estimate of drug-likeness (QED) is 0.344. The van der Waals surface area contributed by atoms with Crippen molar-refractivity contribution < 1.29 is 38.7 Å². The summed E-state index contributed by atoms with van der Waals surface area (Å²) in [5.74, 6) is 1.21. The van der Waals surface area contributed by atoms with Crippen LogP contribution in [0.4, 0.5) is 0 Å². The van der Waals surface area contributed by atoms with E-state index in [0.29, 0.717) is 29.7 Å². The molecule has 0 bridgehead atoms. The lowest BCUT2D eigenvalue weighted by Gasteiger charge is -2.64. The maximum absolute atomic E-state index is 12.6. The molecule has 5 aliphatic carbocycles. The van der Waals surface area contributed by atoms with Crippen LogP contribution in [0, 0.1) is 50.7 Å². The second-order valence-corrected chi connectivity index (χ2v) is 19.6. The van der Waals surface area contributed by atoms with Crippen molar-refractivity contribution in [2.24, 2.45) is 50.7 Å². The highest BCUT2D eigenvalue weighted by molar-refractivity contribution is 5.69. The van der Waals surface area contributed by atoms with Gasteiger partial charge in [0.2, 0.25) is 0 Å². The van der Waals surface area contributed by atoms with Crippen LogP contribution in [0.1, 0.15) is 113 Å². The summed E-state index contributed by atoms with van der Waals surface area (Å²) in [6, 6.07) is 0.508. The Bertz CT molecular complexity index is 1300. The molecule has 5 saturated carbocycles. The molecule has 2 N–H and O–H groups in total. The van der Waals surface area contributed by atoms with Crippen molar-refractivity contribution >= 4 is 5.97 Å². The minimum atomic E-state index is -1.25. The monoisotopic (exact) mass is 687 g/mol. The van der Waals surface area contributed by atoms with Gasteiger partial charge in [-0.1, -0.05) is 41.5 Å². The first-order chi connectivity index (χ1) is 23.0. The van der Waals surface area contributed by atoms with Crippen LogP contribution in [-0.2, 0) is 28.5 Å². The van der Waals surface area contributed by atoms with Gasteiger partial charge in [0.05, 0.1) is 62.4 Å². The molecule has 8 rings (SSSR count). The number of hydrogen-bond acceptors (Lipinski definition) is 9. The van der Waals surface area contributed by atoms with Gasteiger partial charge in [0.1, 0.15) is 0 Å². The zero-order chi connectivity index (χ0) is 34.9. The van der Waals surface area contributed by atoms with Gasteiger partial charge in [-0.05, 0) is 111 Å². The summed E-state index contributed by atoms with van der Waals surface area (Å²) in [5, 5.41) is 23.8. The SMILES string of the molecule is CCC(=O)OC(C1CC(C)C2C(O1)C(O)C1(C)C3CCC4C(C)(C)C(OC5CN(C6COC6)CCO5)CCC45CC35CCC21C)C(C)(C)O. The second kappa shape index (κ2) is 11.6. The van der Waals surface area contributed by atoms with Crippen LogP contribution in [0.15, 0.2) is 0 Å². The van der Waals surface area contributed by atoms with E-state index < -0.39 is 23.9 Å². The summed E-state index contributed by atoms with van der Waals surface area (Å²) in [6.45, 7) is 21.5. The van der Waals surface area contributed by atoms with Crippen LogP contribution >= 0.6 is 0 Å². The molecule has 8 aliphatic rings. The summed E-state index contributed by atoms with van der Waals surface area (Å²) >= 11 is 0. The van der Waals surface area contributed by atoms with E-state index in [0.717, 1.165) is 52.2 Å². The van der Waals surface area contributed by atoms with Gasteiger partial charge >= 0.3 is 5.97 Å². The molecule has 0 radical (unpaired) electrons. The summed E-state index contributed by atoms with van der Waals surface area (Å²) in [5.41, 5.74) is -0.949. The van der Waals surface area contributed by atoms with Crippen molar-refractivity contribution in [2.75, 3.05) is 32.9 Å². The number of hydrogen-bond donors (Lipinski definition) is 2. The molecule has 3 saturated heterocycles. The molecule has 278 valence electrons. The number of carbonyl (C=O) groups is 1. The fourth-order valence-corrected chi connectivity index (χ4v) is 14.3. The number of aliphatic hydroxyl groups excluding tert-OH is 1. The summed E-state index contributed by atoms with van der Waals surface area (Å²) in [6.07, 6.45) is 7.02. The third kappa shape index (κ3) is 4.83. The van der Waals surface area contributed by atoms with E-state index in [1.807, 2.05) is 0 Å². The number of morpholine rings is 1. The van der Waals surface area contributed by atoms with Crippen molar-refractivity contribution in [3.8, 4) is 0 Å². The van der Waals surface area contributed by atoms with Gasteiger partial charge in [-0.3, -0.25) is 9.69 Å². The lowest BCUT2D eigenvalue weighted by atomic mass is 9.41. The minimum Gasteiger partial charge on any atom is -0.457 e. The molecule has 49 heavy (non-hydrogen) atoms. The van der Waals surface area contributed by atoms with Crippen LogP contribution in [-0.4, -0.2) is 102 Å². The maximum Gasteiger partial charge on any atom is 0.305 e. The molecule has 2 spiro atoms. The molecule has 0 aromatic rings. The normalized spacial score (nSPS) is 51.3. The average molecular weight is 688 g/mol. The third-order valence-corrected chi connectivity index (χ3v) is 16.9. The predicted molar refractivity (Wildman–Crippen MR) is 183 cm³/mol. The lowest BCUT2D eigenvalue weighted by Crippen LogP contribution is -2.60. The number of esters is 1. The van der Waals surface area contributed by atoms with Gasteiger partial charge in [0.25, 0.3) is 0 Å². The van der Waals surface area contributed by atoms with Crippen LogP contribution in [0.5, 0.6) is 0 Å². The number of fused-ring (bicyclic) bond motifs is 4. The Labute approximate surface area is 294 Å². The Morgan fingerprint density at radius 1 is 1.04 bits per heavy atom. The highest BCUT2D eigenvalue weighted by Crippen LogP contribution is 2.89. The van der Waals surface area contributed by atoms with Gasteiger partial charge < -0.3 is 33.9 Å². The van der Waals surface area contributed by atoms with Gasteiger partial charge in [-0.25, -0.2) is 0 Å². The number of aliphatic hydroxyl groups is 2. The Hall–Kier alpha value is -0.810. The van der Waals surface area contributed by atoms with E-state index in [-0.39, 0.29) is 64.4 Å². The molecule has 0 aromatic carbocycles. The van der Waals surface area contributed by atoms with E-state index in [1.54, 1.807) is 20.8 Å². The van der Waals surface area contributed by atoms with E-state index in [2.05, 4.69) is 39.5 Å². The number of rotatable bonds is 7. The van der Waals surface area contributed by atoms with E-state index in [9.17, 15) is 15.0 Å².